The van der Waals surface area contributed by atoms with Crippen molar-refractivity contribution in [3.8, 4) is 0 Å². The standard InChI is InChI=1S/C15H11/c1-11-14-8-4-2-6-12(14)10-13-7-3-5-9-15(11)13/h1-6,8-10H,7H2/q+1. The smallest absolute Gasteiger partial charge is 0.0777 e. The predicted octanol–water partition coefficient (Wildman–Crippen LogP) is 2.02. The minimum atomic E-state index is 0.910. The number of hydrogen-bond acceptors (Lipinski definition) is 0. The highest BCUT2D eigenvalue weighted by atomic mass is 14.1. The third-order valence-electron chi connectivity index (χ3n) is 2.95. The summed E-state index contributed by atoms with van der Waals surface area (Å²) in [6, 6.07) is 10.5. The van der Waals surface area contributed by atoms with Gasteiger partial charge in [0.2, 0.25) is 0 Å². The number of allylic oxidation sites excluding steroid dienone is 2. The second-order valence-electron chi connectivity index (χ2n) is 3.88. The second-order valence-corrected chi connectivity index (χ2v) is 3.88. The number of hydrogen-bond donors (Lipinski definition) is 0. The average molecular weight is 191 g/mol. The van der Waals surface area contributed by atoms with E-state index in [2.05, 4.69) is 42.5 Å². The van der Waals surface area contributed by atoms with E-state index >= 15 is 0 Å². The summed E-state index contributed by atoms with van der Waals surface area (Å²) in [7, 11) is 0. The maximum Gasteiger partial charge on any atom is 0.196 e. The summed E-state index contributed by atoms with van der Waals surface area (Å²) in [6.07, 6.45) is 7.32. The molecule has 1 aliphatic rings. The molecule has 0 nitrogen and oxygen atoms in total. The average Bonchev–Trinajstić information content (AvgIpc) is 2.30. The molecule has 0 heteroatoms. The Balaban J connectivity index is 2.58. The first kappa shape index (κ1) is 8.40. The molecular weight excluding hydrogens is 180 g/mol. The predicted molar refractivity (Wildman–Crippen MR) is 65.0 cm³/mol. The van der Waals surface area contributed by atoms with Crippen molar-refractivity contribution in [1.29, 1.82) is 0 Å². The van der Waals surface area contributed by atoms with Crippen molar-refractivity contribution in [2.45, 2.75) is 6.42 Å². The van der Waals surface area contributed by atoms with E-state index in [0.717, 1.165) is 17.0 Å². The molecule has 3 rings (SSSR count). The summed E-state index contributed by atoms with van der Waals surface area (Å²) >= 11 is 0. The Morgan fingerprint density at radius 2 is 2.00 bits per heavy atom. The van der Waals surface area contributed by atoms with Crippen LogP contribution in [0.1, 0.15) is 5.56 Å². The highest BCUT2D eigenvalue weighted by Gasteiger charge is 2.10. The van der Waals surface area contributed by atoms with Crippen LogP contribution in [0, 0.1) is 0 Å². The Hall–Kier alpha value is -1.91. The molecule has 0 heterocycles. The maximum absolute atomic E-state index is 6.17. The molecule has 0 saturated heterocycles. The third kappa shape index (κ3) is 1.20. The van der Waals surface area contributed by atoms with Gasteiger partial charge in [-0.15, -0.1) is 0 Å². The molecule has 0 aromatic heterocycles. The normalized spacial score (nSPS) is 13.5. The van der Waals surface area contributed by atoms with Crippen LogP contribution in [-0.2, 0) is 6.42 Å². The maximum atomic E-state index is 6.17. The van der Waals surface area contributed by atoms with Crippen molar-refractivity contribution in [2.75, 3.05) is 0 Å². The fraction of sp³-hybridized carbons (Fsp3) is 0.0667. The summed E-state index contributed by atoms with van der Waals surface area (Å²) in [5.41, 5.74) is 1.33. The van der Waals surface area contributed by atoms with Gasteiger partial charge in [-0.2, -0.15) is 0 Å². The van der Waals surface area contributed by atoms with Gasteiger partial charge in [0.15, 0.2) is 5.22 Å². The Morgan fingerprint density at radius 1 is 1.13 bits per heavy atom. The molecular formula is C15H11+. The molecule has 0 atom stereocenters. The quantitative estimate of drug-likeness (QED) is 0.559. The SMILES string of the molecule is [CH+]=c1c2c(cc3ccccc13)CC=CC=2. The number of rotatable bonds is 0. The van der Waals surface area contributed by atoms with Crippen molar-refractivity contribution < 1.29 is 0 Å². The zero-order chi connectivity index (χ0) is 10.3. The minimum Gasteiger partial charge on any atom is -0.0777 e. The Bertz CT molecular complexity index is 660. The minimum absolute atomic E-state index is 0.910. The van der Waals surface area contributed by atoms with Gasteiger partial charge in [-0.3, -0.25) is 0 Å². The van der Waals surface area contributed by atoms with Crippen LogP contribution in [0.4, 0.5) is 0 Å². The van der Waals surface area contributed by atoms with Crippen molar-refractivity contribution in [2.24, 2.45) is 0 Å². The lowest BCUT2D eigenvalue weighted by molar-refractivity contribution is 1.23. The van der Waals surface area contributed by atoms with Crippen LogP contribution in [0.15, 0.2) is 42.5 Å². The summed E-state index contributed by atoms with van der Waals surface area (Å²) in [5.74, 6) is 0. The van der Waals surface area contributed by atoms with Gasteiger partial charge >= 0.3 is 0 Å². The van der Waals surface area contributed by atoms with Crippen LogP contribution in [0.25, 0.3) is 23.4 Å². The van der Waals surface area contributed by atoms with E-state index in [-0.39, 0.29) is 0 Å². The molecule has 0 bridgehead atoms. The second kappa shape index (κ2) is 3.05. The first-order valence-electron chi connectivity index (χ1n) is 5.16. The molecule has 1 aliphatic carbocycles. The van der Waals surface area contributed by atoms with Gasteiger partial charge in [-0.1, -0.05) is 18.2 Å². The molecule has 15 heavy (non-hydrogen) atoms. The zero-order valence-corrected chi connectivity index (χ0v) is 8.40. The van der Waals surface area contributed by atoms with Crippen LogP contribution in [-0.4, -0.2) is 0 Å². The Kier molecular flexibility index (Phi) is 1.71. The lowest BCUT2D eigenvalue weighted by Gasteiger charge is -2.00. The first-order chi connectivity index (χ1) is 7.36. The van der Waals surface area contributed by atoms with Crippen molar-refractivity contribution >= 4 is 23.4 Å². The summed E-state index contributed by atoms with van der Waals surface area (Å²) in [4.78, 5) is 0. The van der Waals surface area contributed by atoms with E-state index in [4.69, 9.17) is 6.58 Å². The molecule has 2 aromatic carbocycles. The molecule has 0 saturated carbocycles. The summed E-state index contributed by atoms with van der Waals surface area (Å²) < 4.78 is 0. The molecule has 0 unspecified atom stereocenters. The van der Waals surface area contributed by atoms with Gasteiger partial charge in [0.05, 0.1) is 5.22 Å². The third-order valence-corrected chi connectivity index (χ3v) is 2.95. The van der Waals surface area contributed by atoms with Crippen molar-refractivity contribution in [3.63, 3.8) is 0 Å². The van der Waals surface area contributed by atoms with Gasteiger partial charge in [0.1, 0.15) is 5.39 Å². The number of fused-ring (bicyclic) bond motifs is 2. The van der Waals surface area contributed by atoms with Crippen LogP contribution in [0.5, 0.6) is 0 Å². The van der Waals surface area contributed by atoms with Gasteiger partial charge < -0.3 is 0 Å². The molecule has 0 fully saturated rings. The van der Waals surface area contributed by atoms with E-state index in [1.54, 1.807) is 0 Å². The topological polar surface area (TPSA) is 0 Å². The Morgan fingerprint density at radius 3 is 2.93 bits per heavy atom. The van der Waals surface area contributed by atoms with E-state index in [0.29, 0.717) is 0 Å². The highest BCUT2D eigenvalue weighted by Crippen LogP contribution is 2.10. The van der Waals surface area contributed by atoms with E-state index < -0.39 is 0 Å². The zero-order valence-electron chi connectivity index (χ0n) is 8.40. The van der Waals surface area contributed by atoms with E-state index in [9.17, 15) is 0 Å². The van der Waals surface area contributed by atoms with Crippen LogP contribution in [0.2, 0.25) is 0 Å². The van der Waals surface area contributed by atoms with Crippen LogP contribution >= 0.6 is 0 Å². The molecule has 70 valence electrons. The lowest BCUT2D eigenvalue weighted by Crippen LogP contribution is -2.28. The molecule has 0 aliphatic heterocycles. The molecule has 0 radical (unpaired) electrons. The molecule has 2 aromatic rings. The fourth-order valence-electron chi connectivity index (χ4n) is 2.18. The number of benzene rings is 2. The van der Waals surface area contributed by atoms with Gasteiger partial charge in [0.25, 0.3) is 0 Å². The Labute approximate surface area is 88.9 Å². The van der Waals surface area contributed by atoms with E-state index in [1.165, 1.54) is 16.2 Å². The molecule has 0 N–H and O–H groups in total. The van der Waals surface area contributed by atoms with Crippen LogP contribution in [0.3, 0.4) is 0 Å². The van der Waals surface area contributed by atoms with Crippen molar-refractivity contribution in [1.82, 2.24) is 0 Å². The van der Waals surface area contributed by atoms with Gasteiger partial charge in [-0.05, 0) is 18.2 Å². The van der Waals surface area contributed by atoms with Gasteiger partial charge in [-0.25, -0.2) is 0 Å². The lowest BCUT2D eigenvalue weighted by atomic mass is 9.97. The monoisotopic (exact) mass is 191 g/mol. The van der Waals surface area contributed by atoms with Gasteiger partial charge in [0, 0.05) is 36.1 Å². The summed E-state index contributed by atoms with van der Waals surface area (Å²) in [6.45, 7) is 6.17. The fourth-order valence-corrected chi connectivity index (χ4v) is 2.18. The van der Waals surface area contributed by atoms with E-state index in [1.807, 2.05) is 6.07 Å². The highest BCUT2D eigenvalue weighted by molar-refractivity contribution is 5.84. The van der Waals surface area contributed by atoms with Crippen LogP contribution < -0.4 is 10.4 Å². The largest absolute Gasteiger partial charge is 0.196 e. The first-order valence-corrected chi connectivity index (χ1v) is 5.16. The summed E-state index contributed by atoms with van der Waals surface area (Å²) in [5, 5.41) is 4.49. The molecule has 0 spiro atoms. The van der Waals surface area contributed by atoms with Crippen molar-refractivity contribution in [3.05, 3.63) is 58.5 Å². The molecule has 0 amide bonds.